The lowest BCUT2D eigenvalue weighted by Crippen LogP contribution is -2.16. The van der Waals surface area contributed by atoms with Crippen molar-refractivity contribution in [2.24, 2.45) is 0 Å². The van der Waals surface area contributed by atoms with Crippen LogP contribution in [0.15, 0.2) is 42.6 Å². The van der Waals surface area contributed by atoms with Crippen LogP contribution >= 0.6 is 0 Å². The molecule has 0 radical (unpaired) electrons. The smallest absolute Gasteiger partial charge is 0.494 e. The van der Waals surface area contributed by atoms with E-state index in [9.17, 15) is 13.2 Å². The Morgan fingerprint density at radius 2 is 1.74 bits per heavy atom. The molecule has 0 aliphatic rings. The molecule has 0 saturated heterocycles. The Kier molecular flexibility index (Phi) is 3.59. The summed E-state index contributed by atoms with van der Waals surface area (Å²) in [5.74, 6) is 0.276. The molecule has 2 rings (SSSR count). The summed E-state index contributed by atoms with van der Waals surface area (Å²) < 4.78 is 45.0. The van der Waals surface area contributed by atoms with Crippen LogP contribution in [0.25, 0.3) is 11.3 Å². The molecule has 0 fully saturated rings. The standard InChI is InChI=1S/C13H10F3NO2/c1-18-11-3-2-8-17-12(11)9-4-6-10(7-5-9)19-13(14,15)16/h2-8H,1H3. The Balaban J connectivity index is 2.27. The van der Waals surface area contributed by atoms with E-state index in [2.05, 4.69) is 9.72 Å². The highest BCUT2D eigenvalue weighted by Crippen LogP contribution is 2.30. The third-order valence-corrected chi connectivity index (χ3v) is 2.35. The minimum atomic E-state index is -4.69. The second-order valence-corrected chi connectivity index (χ2v) is 3.63. The molecule has 0 amide bonds. The first-order valence-electron chi connectivity index (χ1n) is 5.35. The summed E-state index contributed by atoms with van der Waals surface area (Å²) in [5, 5.41) is 0. The summed E-state index contributed by atoms with van der Waals surface area (Å²) in [7, 11) is 1.50. The van der Waals surface area contributed by atoms with Crippen LogP contribution in [0.5, 0.6) is 11.5 Å². The highest BCUT2D eigenvalue weighted by molar-refractivity contribution is 5.66. The number of ether oxygens (including phenoxy) is 2. The fourth-order valence-corrected chi connectivity index (χ4v) is 1.59. The van der Waals surface area contributed by atoms with Crippen LogP contribution in [0.1, 0.15) is 0 Å². The maximum atomic E-state index is 12.0. The SMILES string of the molecule is COc1cccnc1-c1ccc(OC(F)(F)F)cc1. The molecule has 0 N–H and O–H groups in total. The second-order valence-electron chi connectivity index (χ2n) is 3.63. The lowest BCUT2D eigenvalue weighted by Gasteiger charge is -2.10. The van der Waals surface area contributed by atoms with Crippen molar-refractivity contribution < 1.29 is 22.6 Å². The lowest BCUT2D eigenvalue weighted by atomic mass is 10.1. The Bertz CT molecular complexity index is 553. The van der Waals surface area contributed by atoms with E-state index in [4.69, 9.17) is 4.74 Å². The number of benzene rings is 1. The average Bonchev–Trinajstić information content (AvgIpc) is 2.38. The van der Waals surface area contributed by atoms with Crippen LogP contribution in [0.3, 0.4) is 0 Å². The van der Waals surface area contributed by atoms with E-state index in [0.29, 0.717) is 17.0 Å². The average molecular weight is 269 g/mol. The number of aromatic nitrogens is 1. The van der Waals surface area contributed by atoms with Crippen molar-refractivity contribution in [3.63, 3.8) is 0 Å². The van der Waals surface area contributed by atoms with Gasteiger partial charge in [0.2, 0.25) is 0 Å². The minimum absolute atomic E-state index is 0.272. The fraction of sp³-hybridized carbons (Fsp3) is 0.154. The van der Waals surface area contributed by atoms with E-state index in [1.807, 2.05) is 0 Å². The van der Waals surface area contributed by atoms with Crippen LogP contribution in [0, 0.1) is 0 Å². The molecule has 0 atom stereocenters. The molecule has 1 aromatic heterocycles. The number of halogens is 3. The first-order chi connectivity index (χ1) is 8.99. The zero-order chi connectivity index (χ0) is 13.9. The van der Waals surface area contributed by atoms with Gasteiger partial charge in [-0.3, -0.25) is 4.98 Å². The monoisotopic (exact) mass is 269 g/mol. The van der Waals surface area contributed by atoms with Crippen LogP contribution in [0.2, 0.25) is 0 Å². The van der Waals surface area contributed by atoms with E-state index in [1.165, 1.54) is 31.4 Å². The molecule has 2 aromatic rings. The fourth-order valence-electron chi connectivity index (χ4n) is 1.59. The van der Waals surface area contributed by atoms with Gasteiger partial charge < -0.3 is 9.47 Å². The van der Waals surface area contributed by atoms with Crippen molar-refractivity contribution >= 4 is 0 Å². The summed E-state index contributed by atoms with van der Waals surface area (Å²) >= 11 is 0. The Hall–Kier alpha value is -2.24. The largest absolute Gasteiger partial charge is 0.573 e. The number of pyridine rings is 1. The third-order valence-electron chi connectivity index (χ3n) is 2.35. The maximum Gasteiger partial charge on any atom is 0.573 e. The van der Waals surface area contributed by atoms with E-state index >= 15 is 0 Å². The summed E-state index contributed by atoms with van der Waals surface area (Å²) in [5.41, 5.74) is 1.20. The molecule has 0 aliphatic carbocycles. The molecule has 6 heteroatoms. The number of rotatable bonds is 3. The van der Waals surface area contributed by atoms with Gasteiger partial charge in [-0.2, -0.15) is 0 Å². The molecule has 0 spiro atoms. The molecular formula is C13H10F3NO2. The number of nitrogens with zero attached hydrogens (tertiary/aromatic N) is 1. The highest BCUT2D eigenvalue weighted by atomic mass is 19.4. The van der Waals surface area contributed by atoms with Gasteiger partial charge in [0.1, 0.15) is 17.2 Å². The molecule has 0 bridgehead atoms. The van der Waals surface area contributed by atoms with E-state index < -0.39 is 6.36 Å². The van der Waals surface area contributed by atoms with Crippen molar-refractivity contribution in [1.82, 2.24) is 4.98 Å². The van der Waals surface area contributed by atoms with Gasteiger partial charge in [0, 0.05) is 11.8 Å². The van der Waals surface area contributed by atoms with Crippen molar-refractivity contribution in [3.05, 3.63) is 42.6 Å². The van der Waals surface area contributed by atoms with Crippen LogP contribution in [0.4, 0.5) is 13.2 Å². The van der Waals surface area contributed by atoms with Gasteiger partial charge >= 0.3 is 6.36 Å². The molecule has 3 nitrogen and oxygen atoms in total. The Labute approximate surface area is 107 Å². The van der Waals surface area contributed by atoms with Crippen LogP contribution < -0.4 is 9.47 Å². The van der Waals surface area contributed by atoms with Gasteiger partial charge in [0.15, 0.2) is 0 Å². The van der Waals surface area contributed by atoms with Gasteiger partial charge in [0.05, 0.1) is 7.11 Å². The Morgan fingerprint density at radius 3 is 2.32 bits per heavy atom. The summed E-state index contributed by atoms with van der Waals surface area (Å²) in [6.45, 7) is 0. The van der Waals surface area contributed by atoms with Crippen molar-refractivity contribution in [1.29, 1.82) is 0 Å². The van der Waals surface area contributed by atoms with Crippen molar-refractivity contribution in [2.45, 2.75) is 6.36 Å². The Morgan fingerprint density at radius 1 is 1.05 bits per heavy atom. The normalized spacial score (nSPS) is 11.2. The third kappa shape index (κ3) is 3.37. The molecular weight excluding hydrogens is 259 g/mol. The van der Waals surface area contributed by atoms with Crippen LogP contribution in [-0.2, 0) is 0 Å². The lowest BCUT2D eigenvalue weighted by molar-refractivity contribution is -0.274. The van der Waals surface area contributed by atoms with Crippen molar-refractivity contribution in [2.75, 3.05) is 7.11 Å². The van der Waals surface area contributed by atoms with E-state index in [0.717, 1.165) is 0 Å². The molecule has 1 heterocycles. The molecule has 100 valence electrons. The van der Waals surface area contributed by atoms with Gasteiger partial charge in [-0.05, 0) is 36.4 Å². The maximum absolute atomic E-state index is 12.0. The van der Waals surface area contributed by atoms with Gasteiger partial charge in [-0.15, -0.1) is 13.2 Å². The second kappa shape index (κ2) is 5.17. The van der Waals surface area contributed by atoms with E-state index in [1.54, 1.807) is 18.3 Å². The van der Waals surface area contributed by atoms with Gasteiger partial charge in [0.25, 0.3) is 0 Å². The van der Waals surface area contributed by atoms with E-state index in [-0.39, 0.29) is 5.75 Å². The molecule has 1 aromatic carbocycles. The van der Waals surface area contributed by atoms with Gasteiger partial charge in [-0.25, -0.2) is 0 Å². The summed E-state index contributed by atoms with van der Waals surface area (Å²) in [6.07, 6.45) is -3.11. The number of alkyl halides is 3. The minimum Gasteiger partial charge on any atom is -0.494 e. The molecule has 19 heavy (non-hydrogen) atoms. The number of hydrogen-bond acceptors (Lipinski definition) is 3. The zero-order valence-corrected chi connectivity index (χ0v) is 9.94. The van der Waals surface area contributed by atoms with Crippen molar-refractivity contribution in [3.8, 4) is 22.8 Å². The molecule has 0 saturated carbocycles. The first kappa shape index (κ1) is 13.2. The quantitative estimate of drug-likeness (QED) is 0.852. The summed E-state index contributed by atoms with van der Waals surface area (Å²) in [4.78, 5) is 4.14. The predicted octanol–water partition coefficient (Wildman–Crippen LogP) is 3.66. The highest BCUT2D eigenvalue weighted by Gasteiger charge is 2.30. The zero-order valence-electron chi connectivity index (χ0n) is 9.94. The molecule has 0 aliphatic heterocycles. The number of hydrogen-bond donors (Lipinski definition) is 0. The van der Waals surface area contributed by atoms with Gasteiger partial charge in [-0.1, -0.05) is 0 Å². The number of methoxy groups -OCH3 is 1. The molecule has 0 unspecified atom stereocenters. The topological polar surface area (TPSA) is 31.4 Å². The first-order valence-corrected chi connectivity index (χ1v) is 5.35. The summed E-state index contributed by atoms with van der Waals surface area (Å²) in [6, 6.07) is 8.89. The van der Waals surface area contributed by atoms with Crippen LogP contribution in [-0.4, -0.2) is 18.5 Å². The predicted molar refractivity (Wildman–Crippen MR) is 62.9 cm³/mol.